The highest BCUT2D eigenvalue weighted by molar-refractivity contribution is 5.89. The summed E-state index contributed by atoms with van der Waals surface area (Å²) in [6.07, 6.45) is 12.7. The molecular weight excluding hydrogens is 496 g/mol. The van der Waals surface area contributed by atoms with Crippen LogP contribution >= 0.6 is 0 Å². The number of hydrogen-bond donors (Lipinski definition) is 1. The monoisotopic (exact) mass is 534 g/mol. The van der Waals surface area contributed by atoms with Crippen LogP contribution in [-0.4, -0.2) is 49.6 Å². The summed E-state index contributed by atoms with van der Waals surface area (Å²) in [5.41, 5.74) is -2.40. The van der Waals surface area contributed by atoms with Gasteiger partial charge in [0.25, 0.3) is 0 Å². The van der Waals surface area contributed by atoms with E-state index in [4.69, 9.17) is 4.74 Å². The van der Waals surface area contributed by atoms with E-state index in [9.17, 15) is 19.5 Å². The zero-order chi connectivity index (χ0) is 28.2. The van der Waals surface area contributed by atoms with E-state index in [-0.39, 0.29) is 34.5 Å². The number of aromatic nitrogens is 3. The van der Waals surface area contributed by atoms with Crippen molar-refractivity contribution in [2.45, 2.75) is 72.0 Å². The van der Waals surface area contributed by atoms with Gasteiger partial charge in [0.15, 0.2) is 5.43 Å². The zero-order valence-corrected chi connectivity index (χ0v) is 23.1. The Balaban J connectivity index is 1.55. The SMILES string of the molecule is C=C[C@]1(C)C[C@@H](OC(=O)c2cn(/N=C/n3ccnc3)ccc2=O)[C@@]2(C)C3C(=O)CC[C@@]3(CC[C@H]2C)[C@@H](C)[C@@H]1O. The molecule has 2 aromatic heterocycles. The molecule has 3 fully saturated rings. The van der Waals surface area contributed by atoms with Crippen LogP contribution in [0, 0.1) is 34.0 Å². The Labute approximate surface area is 228 Å². The third-order valence-corrected chi connectivity index (χ3v) is 10.5. The predicted octanol–water partition coefficient (Wildman–Crippen LogP) is 3.90. The number of Topliss-reactive ketones (excluding diaryl/α,β-unsaturated/α-hetero) is 1. The van der Waals surface area contributed by atoms with Gasteiger partial charge in [0.2, 0.25) is 0 Å². The quantitative estimate of drug-likeness (QED) is 0.269. The van der Waals surface area contributed by atoms with Crippen LogP contribution in [0.5, 0.6) is 0 Å². The van der Waals surface area contributed by atoms with Crippen LogP contribution in [0.25, 0.3) is 0 Å². The first kappa shape index (κ1) is 27.2. The summed E-state index contributed by atoms with van der Waals surface area (Å²) in [6.45, 7) is 12.3. The first-order chi connectivity index (χ1) is 18.5. The van der Waals surface area contributed by atoms with Crippen molar-refractivity contribution in [3.8, 4) is 0 Å². The summed E-state index contributed by atoms with van der Waals surface area (Å²) in [7, 11) is 0. The van der Waals surface area contributed by atoms with Crippen molar-refractivity contribution in [3.63, 3.8) is 0 Å². The van der Waals surface area contributed by atoms with E-state index in [0.29, 0.717) is 12.8 Å². The first-order valence-corrected chi connectivity index (χ1v) is 13.8. The second-order valence-corrected chi connectivity index (χ2v) is 12.3. The number of esters is 1. The van der Waals surface area contributed by atoms with Crippen LogP contribution in [0.3, 0.4) is 0 Å². The fourth-order valence-electron chi connectivity index (χ4n) is 7.85. The minimum absolute atomic E-state index is 0.0965. The lowest BCUT2D eigenvalue weighted by atomic mass is 9.44. The van der Waals surface area contributed by atoms with E-state index < -0.39 is 34.4 Å². The Kier molecular flexibility index (Phi) is 6.77. The van der Waals surface area contributed by atoms with Gasteiger partial charge in [-0.1, -0.05) is 33.8 Å². The number of carbonyl (C=O) groups is 2. The molecule has 39 heavy (non-hydrogen) atoms. The highest BCUT2D eigenvalue weighted by Gasteiger charge is 2.68. The zero-order valence-electron chi connectivity index (χ0n) is 23.1. The molecule has 1 N–H and O–H groups in total. The smallest absolute Gasteiger partial charge is 0.344 e. The van der Waals surface area contributed by atoms with Gasteiger partial charge < -0.3 is 9.84 Å². The number of ether oxygens (including phenoxy) is 1. The average molecular weight is 535 g/mol. The van der Waals surface area contributed by atoms with Crippen molar-refractivity contribution in [3.05, 3.63) is 65.6 Å². The summed E-state index contributed by atoms with van der Waals surface area (Å²) >= 11 is 0. The molecule has 2 heterocycles. The molecule has 0 spiro atoms. The standard InChI is InChI=1S/C30H38N4O5/c1-6-28(4)15-24(29(5)19(2)7-10-30(20(3)26(28)37)11-8-23(36)25(29)30)39-27(38)21-16-34(13-9-22(21)35)32-18-33-14-12-31-17-33/h6,9,12-14,16-20,24-26,37H,1,7-8,10-11,15H2,2-5H3/b32-18+/t19-,20+,24-,25?,26+,28-,29+,30+/m1/s1. The van der Waals surface area contributed by atoms with Crippen LogP contribution in [-0.2, 0) is 9.53 Å². The number of imidazole rings is 1. The van der Waals surface area contributed by atoms with Crippen LogP contribution in [0.1, 0.15) is 70.2 Å². The molecule has 0 saturated heterocycles. The lowest BCUT2D eigenvalue weighted by Crippen LogP contribution is -2.63. The van der Waals surface area contributed by atoms with Crippen molar-refractivity contribution >= 4 is 18.1 Å². The Bertz CT molecular complexity index is 1370. The number of aliphatic hydroxyl groups excluding tert-OH is 1. The van der Waals surface area contributed by atoms with Crippen molar-refractivity contribution < 1.29 is 19.4 Å². The third kappa shape index (κ3) is 4.22. The van der Waals surface area contributed by atoms with Gasteiger partial charge in [0.05, 0.1) is 12.4 Å². The highest BCUT2D eigenvalue weighted by atomic mass is 16.5. The number of carbonyl (C=O) groups excluding carboxylic acids is 2. The van der Waals surface area contributed by atoms with E-state index in [1.54, 1.807) is 29.4 Å². The lowest BCUT2D eigenvalue weighted by Gasteiger charge is -2.61. The van der Waals surface area contributed by atoms with Crippen molar-refractivity contribution in [1.82, 2.24) is 14.2 Å². The second kappa shape index (κ2) is 9.70. The van der Waals surface area contributed by atoms with Gasteiger partial charge in [0, 0.05) is 54.0 Å². The van der Waals surface area contributed by atoms with Gasteiger partial charge in [-0.15, -0.1) is 6.58 Å². The molecule has 208 valence electrons. The molecule has 9 nitrogen and oxygen atoms in total. The molecule has 3 saturated carbocycles. The Morgan fingerprint density at radius 2 is 2.03 bits per heavy atom. The number of rotatable bonds is 5. The van der Waals surface area contributed by atoms with E-state index in [1.807, 2.05) is 6.92 Å². The minimum atomic E-state index is -0.762. The van der Waals surface area contributed by atoms with Gasteiger partial charge in [-0.2, -0.15) is 5.10 Å². The number of aliphatic hydroxyl groups is 1. The second-order valence-electron chi connectivity index (χ2n) is 12.3. The average Bonchev–Trinajstić information content (AvgIpc) is 3.57. The van der Waals surface area contributed by atoms with E-state index in [0.717, 1.165) is 19.3 Å². The normalized spacial score (nSPS) is 38.2. The predicted molar refractivity (Wildman–Crippen MR) is 146 cm³/mol. The highest BCUT2D eigenvalue weighted by Crippen LogP contribution is 2.68. The van der Waals surface area contributed by atoms with Gasteiger partial charge in [0.1, 0.15) is 23.8 Å². The lowest BCUT2D eigenvalue weighted by molar-refractivity contribution is -0.192. The minimum Gasteiger partial charge on any atom is -0.458 e. The Hall–Kier alpha value is -3.33. The van der Waals surface area contributed by atoms with Crippen LogP contribution in [0.15, 0.2) is 59.7 Å². The maximum atomic E-state index is 13.7. The van der Waals surface area contributed by atoms with Crippen molar-refractivity contribution in [2.24, 2.45) is 39.1 Å². The van der Waals surface area contributed by atoms with Crippen LogP contribution < -0.4 is 5.43 Å². The molecule has 2 aromatic rings. The molecule has 1 unspecified atom stereocenters. The van der Waals surface area contributed by atoms with Gasteiger partial charge in [-0.25, -0.2) is 14.5 Å². The van der Waals surface area contributed by atoms with E-state index in [1.165, 1.54) is 29.5 Å². The maximum absolute atomic E-state index is 13.7. The van der Waals surface area contributed by atoms with E-state index in [2.05, 4.69) is 37.4 Å². The molecule has 3 aliphatic carbocycles. The fraction of sp³-hybridized carbons (Fsp3) is 0.567. The molecule has 3 aliphatic rings. The Morgan fingerprint density at radius 1 is 1.26 bits per heavy atom. The van der Waals surface area contributed by atoms with Gasteiger partial charge >= 0.3 is 5.97 Å². The van der Waals surface area contributed by atoms with Gasteiger partial charge in [-0.3, -0.25) is 14.2 Å². The number of ketones is 1. The summed E-state index contributed by atoms with van der Waals surface area (Å²) in [5, 5.41) is 15.9. The summed E-state index contributed by atoms with van der Waals surface area (Å²) < 4.78 is 9.26. The molecule has 2 bridgehead atoms. The molecule has 0 aromatic carbocycles. The molecule has 0 radical (unpaired) electrons. The summed E-state index contributed by atoms with van der Waals surface area (Å²) in [5.74, 6) is -0.934. The largest absolute Gasteiger partial charge is 0.458 e. The van der Waals surface area contributed by atoms with E-state index >= 15 is 0 Å². The Morgan fingerprint density at radius 3 is 2.72 bits per heavy atom. The van der Waals surface area contributed by atoms with Crippen LogP contribution in [0.2, 0.25) is 0 Å². The topological polar surface area (TPSA) is 116 Å². The number of pyridine rings is 1. The maximum Gasteiger partial charge on any atom is 0.344 e. The molecule has 5 rings (SSSR count). The molecule has 8 atom stereocenters. The van der Waals surface area contributed by atoms with Crippen molar-refractivity contribution in [2.75, 3.05) is 0 Å². The summed E-state index contributed by atoms with van der Waals surface area (Å²) in [6, 6.07) is 1.27. The molecular formula is C30H38N4O5. The molecule has 9 heteroatoms. The van der Waals surface area contributed by atoms with Crippen molar-refractivity contribution in [1.29, 1.82) is 0 Å². The third-order valence-electron chi connectivity index (χ3n) is 10.5. The van der Waals surface area contributed by atoms with Gasteiger partial charge in [-0.05, 0) is 42.9 Å². The first-order valence-electron chi connectivity index (χ1n) is 13.8. The fourth-order valence-corrected chi connectivity index (χ4v) is 7.85. The summed E-state index contributed by atoms with van der Waals surface area (Å²) in [4.78, 5) is 44.0. The van der Waals surface area contributed by atoms with Crippen LogP contribution in [0.4, 0.5) is 0 Å². The number of nitrogens with zero attached hydrogens (tertiary/aromatic N) is 4. The number of hydrogen-bond acceptors (Lipinski definition) is 7. The molecule has 0 amide bonds. The molecule has 0 aliphatic heterocycles.